The van der Waals surface area contributed by atoms with Crippen LogP contribution in [0.5, 0.6) is 0 Å². The topological polar surface area (TPSA) is 105 Å². The normalized spacial score (nSPS) is 10.4. The molecule has 0 aromatic carbocycles. The van der Waals surface area contributed by atoms with Gasteiger partial charge in [0.1, 0.15) is 11.9 Å². The fourth-order valence-corrected chi connectivity index (χ4v) is 1.49. The standard InChI is InChI=1S/C11H15N3O4.K.H/c1-11(2,5-10(15)16)7-13-8-3-4-12-6-9(8)14(17)18;;/h3-4,6H,5,7H2,1-2H3,(H,12,13)(H,15,16);;/q;+1;-1. The second-order valence-electron chi connectivity index (χ2n) is 4.74. The zero-order valence-electron chi connectivity index (χ0n) is 12.2. The maximum absolute atomic E-state index is 10.8. The maximum atomic E-state index is 10.8. The number of aliphatic carboxylic acids is 1. The van der Waals surface area contributed by atoms with Crippen LogP contribution in [-0.4, -0.2) is 27.5 Å². The molecule has 7 nitrogen and oxygen atoms in total. The van der Waals surface area contributed by atoms with Gasteiger partial charge < -0.3 is 11.8 Å². The zero-order valence-corrected chi connectivity index (χ0v) is 14.3. The largest absolute Gasteiger partial charge is 1.00 e. The first kappa shape index (κ1) is 18.5. The molecule has 0 amide bonds. The second kappa shape index (κ2) is 7.90. The van der Waals surface area contributed by atoms with Crippen LogP contribution in [0.1, 0.15) is 21.7 Å². The Labute approximate surface area is 154 Å². The number of rotatable bonds is 6. The Balaban J connectivity index is 0. The molecule has 0 aliphatic heterocycles. The van der Waals surface area contributed by atoms with E-state index in [0.717, 1.165) is 6.20 Å². The summed E-state index contributed by atoms with van der Waals surface area (Å²) < 4.78 is 0. The van der Waals surface area contributed by atoms with E-state index in [4.69, 9.17) is 5.11 Å². The molecule has 2 N–H and O–H groups in total. The molecule has 0 radical (unpaired) electrons. The molecule has 0 atom stereocenters. The van der Waals surface area contributed by atoms with Crippen LogP contribution >= 0.6 is 0 Å². The van der Waals surface area contributed by atoms with Crippen molar-refractivity contribution in [1.82, 2.24) is 4.98 Å². The number of nitrogens with zero attached hydrogens (tertiary/aromatic N) is 2. The molecule has 1 heterocycles. The number of nitrogens with one attached hydrogen (secondary N) is 1. The summed E-state index contributed by atoms with van der Waals surface area (Å²) in [5.74, 6) is -0.897. The summed E-state index contributed by atoms with van der Waals surface area (Å²) in [5.41, 5.74) is -0.278. The summed E-state index contributed by atoms with van der Waals surface area (Å²) in [4.78, 5) is 24.6. The van der Waals surface area contributed by atoms with Gasteiger partial charge in [0.25, 0.3) is 0 Å². The fraction of sp³-hybridized carbons (Fsp3) is 0.455. The summed E-state index contributed by atoms with van der Waals surface area (Å²) in [5, 5.41) is 22.4. The number of pyridine rings is 1. The van der Waals surface area contributed by atoms with Gasteiger partial charge in [-0.15, -0.1) is 0 Å². The van der Waals surface area contributed by atoms with Gasteiger partial charge in [-0.05, 0) is 11.5 Å². The Morgan fingerprint density at radius 2 is 2.26 bits per heavy atom. The number of aromatic nitrogens is 1. The molecule has 1 aromatic heterocycles. The van der Waals surface area contributed by atoms with Gasteiger partial charge >= 0.3 is 63.0 Å². The van der Waals surface area contributed by atoms with Crippen LogP contribution in [0.4, 0.5) is 11.4 Å². The molecule has 0 saturated heterocycles. The molecule has 0 aliphatic carbocycles. The van der Waals surface area contributed by atoms with E-state index in [1.54, 1.807) is 13.8 Å². The smallest absolute Gasteiger partial charge is 1.00 e. The maximum Gasteiger partial charge on any atom is 1.00 e. The molecule has 100 valence electrons. The van der Waals surface area contributed by atoms with Crippen molar-refractivity contribution in [3.8, 4) is 0 Å². The van der Waals surface area contributed by atoms with Crippen molar-refractivity contribution in [3.63, 3.8) is 0 Å². The van der Waals surface area contributed by atoms with Gasteiger partial charge in [-0.2, -0.15) is 0 Å². The van der Waals surface area contributed by atoms with E-state index in [1.807, 2.05) is 0 Å². The SMILES string of the molecule is CC(C)(CNc1ccncc1[N+](=O)[O-])CC(=O)O.[H-].[K+]. The predicted octanol–water partition coefficient (Wildman–Crippen LogP) is -0.981. The second-order valence-corrected chi connectivity index (χ2v) is 4.74. The van der Waals surface area contributed by atoms with Gasteiger partial charge in [0, 0.05) is 12.7 Å². The van der Waals surface area contributed by atoms with Crippen LogP contribution in [0.2, 0.25) is 0 Å². The van der Waals surface area contributed by atoms with Gasteiger partial charge in [0.05, 0.1) is 11.3 Å². The van der Waals surface area contributed by atoms with E-state index in [0.29, 0.717) is 12.2 Å². The van der Waals surface area contributed by atoms with Crippen molar-refractivity contribution in [2.45, 2.75) is 20.3 Å². The van der Waals surface area contributed by atoms with E-state index < -0.39 is 16.3 Å². The van der Waals surface area contributed by atoms with Crippen LogP contribution in [0.25, 0.3) is 0 Å². The van der Waals surface area contributed by atoms with Crippen molar-refractivity contribution in [2.24, 2.45) is 5.41 Å². The van der Waals surface area contributed by atoms with Crippen molar-refractivity contribution in [2.75, 3.05) is 11.9 Å². The molecule has 0 saturated carbocycles. The predicted molar refractivity (Wildman–Crippen MR) is 66.5 cm³/mol. The third-order valence-corrected chi connectivity index (χ3v) is 2.38. The van der Waals surface area contributed by atoms with Crippen LogP contribution in [0.3, 0.4) is 0 Å². The Bertz CT molecular complexity index is 471. The van der Waals surface area contributed by atoms with Gasteiger partial charge in [-0.25, -0.2) is 0 Å². The minimum Gasteiger partial charge on any atom is -1.00 e. The summed E-state index contributed by atoms with van der Waals surface area (Å²) in [6.45, 7) is 3.88. The monoisotopic (exact) mass is 293 g/mol. The van der Waals surface area contributed by atoms with Gasteiger partial charge in [0.2, 0.25) is 0 Å². The van der Waals surface area contributed by atoms with Crippen LogP contribution < -0.4 is 56.7 Å². The summed E-state index contributed by atoms with van der Waals surface area (Å²) in [7, 11) is 0. The first-order chi connectivity index (χ1) is 8.32. The van der Waals surface area contributed by atoms with Gasteiger partial charge in [0.15, 0.2) is 0 Å². The number of anilines is 1. The van der Waals surface area contributed by atoms with E-state index >= 15 is 0 Å². The number of carboxylic acid groups (broad SMARTS) is 1. The molecule has 19 heavy (non-hydrogen) atoms. The van der Waals surface area contributed by atoms with Gasteiger partial charge in [-0.1, -0.05) is 13.8 Å². The van der Waals surface area contributed by atoms with Crippen molar-refractivity contribution >= 4 is 17.3 Å². The minimum atomic E-state index is -0.897. The Hall–Kier alpha value is -0.544. The first-order valence-corrected chi connectivity index (χ1v) is 5.36. The molecular weight excluding hydrogens is 277 g/mol. The third kappa shape index (κ3) is 6.44. The molecule has 1 aromatic rings. The molecule has 0 spiro atoms. The summed E-state index contributed by atoms with van der Waals surface area (Å²) in [6, 6.07) is 1.50. The van der Waals surface area contributed by atoms with Crippen LogP contribution in [0, 0.1) is 15.5 Å². The quantitative estimate of drug-likeness (QED) is 0.397. The molecule has 8 heteroatoms. The molecular formula is C11H16KN3O4. The zero-order chi connectivity index (χ0) is 13.8. The number of nitro groups is 1. The average Bonchev–Trinajstić information content (AvgIpc) is 2.25. The van der Waals surface area contributed by atoms with Gasteiger partial charge in [-0.3, -0.25) is 19.9 Å². The summed E-state index contributed by atoms with van der Waals surface area (Å²) >= 11 is 0. The molecule has 0 unspecified atom stereocenters. The van der Waals surface area contributed by atoms with Crippen molar-refractivity contribution in [1.29, 1.82) is 0 Å². The first-order valence-electron chi connectivity index (χ1n) is 5.36. The Morgan fingerprint density at radius 1 is 1.63 bits per heavy atom. The van der Waals surface area contributed by atoms with Crippen LogP contribution in [0.15, 0.2) is 18.5 Å². The number of carboxylic acids is 1. The Morgan fingerprint density at radius 3 is 2.79 bits per heavy atom. The number of hydrogen-bond donors (Lipinski definition) is 2. The molecule has 1 rings (SSSR count). The summed E-state index contributed by atoms with van der Waals surface area (Å²) in [6.07, 6.45) is 2.59. The van der Waals surface area contributed by atoms with Crippen molar-refractivity contribution < 1.29 is 67.6 Å². The minimum absolute atomic E-state index is 0. The van der Waals surface area contributed by atoms with E-state index in [-0.39, 0.29) is 64.9 Å². The number of carbonyl (C=O) groups is 1. The number of hydrogen-bond acceptors (Lipinski definition) is 5. The Kier molecular flexibility index (Phi) is 7.68. The van der Waals surface area contributed by atoms with E-state index in [2.05, 4.69) is 10.3 Å². The third-order valence-electron chi connectivity index (χ3n) is 2.38. The van der Waals surface area contributed by atoms with Crippen molar-refractivity contribution in [3.05, 3.63) is 28.6 Å². The molecule has 0 fully saturated rings. The average molecular weight is 293 g/mol. The molecule has 0 bridgehead atoms. The van der Waals surface area contributed by atoms with E-state index in [9.17, 15) is 14.9 Å². The fourth-order valence-electron chi connectivity index (χ4n) is 1.49. The van der Waals surface area contributed by atoms with Crippen LogP contribution in [-0.2, 0) is 4.79 Å². The molecule has 0 aliphatic rings. The van der Waals surface area contributed by atoms with E-state index in [1.165, 1.54) is 12.3 Å².